The molecule has 1 aliphatic heterocycles. The van der Waals surface area contributed by atoms with Gasteiger partial charge in [-0.05, 0) is 30.7 Å². The van der Waals surface area contributed by atoms with Crippen molar-refractivity contribution in [3.05, 3.63) is 47.8 Å². The summed E-state index contributed by atoms with van der Waals surface area (Å²) in [4.78, 5) is 8.41. The van der Waals surface area contributed by atoms with Crippen molar-refractivity contribution in [2.24, 2.45) is 0 Å². The number of imidazole rings is 1. The number of nitrogens with one attached hydrogen (secondary N) is 2. The van der Waals surface area contributed by atoms with Crippen molar-refractivity contribution in [2.75, 3.05) is 18.4 Å². The lowest BCUT2D eigenvalue weighted by molar-refractivity contribution is 0.240. The fraction of sp³-hybridized carbons (Fsp3) is 0.333. The van der Waals surface area contributed by atoms with E-state index < -0.39 is 23.8 Å². The molecule has 27 heavy (non-hydrogen) atoms. The van der Waals surface area contributed by atoms with E-state index in [0.717, 1.165) is 16.1 Å². The number of anilines is 1. The first-order chi connectivity index (χ1) is 13.1. The molecule has 0 unspecified atom stereocenters. The number of halogens is 4. The zero-order valence-corrected chi connectivity index (χ0v) is 16.4. The second-order valence-corrected chi connectivity index (χ2v) is 7.21. The largest absolute Gasteiger partial charge is 0.361 e. The lowest BCUT2D eigenvalue weighted by Crippen LogP contribution is -2.46. The van der Waals surface area contributed by atoms with E-state index in [-0.39, 0.29) is 11.5 Å². The summed E-state index contributed by atoms with van der Waals surface area (Å²) in [5.41, 5.74) is 2.12. The van der Waals surface area contributed by atoms with Crippen LogP contribution in [0.4, 0.5) is 19.0 Å². The summed E-state index contributed by atoms with van der Waals surface area (Å²) in [6, 6.07) is 3.96. The maximum absolute atomic E-state index is 14.5. The summed E-state index contributed by atoms with van der Waals surface area (Å²) >= 11 is 2.25. The molecule has 1 saturated heterocycles. The Kier molecular flexibility index (Phi) is 5.22. The highest BCUT2D eigenvalue weighted by molar-refractivity contribution is 14.1. The van der Waals surface area contributed by atoms with E-state index in [1.54, 1.807) is 10.6 Å². The van der Waals surface area contributed by atoms with Crippen molar-refractivity contribution >= 4 is 34.1 Å². The third kappa shape index (κ3) is 3.62. The molecule has 1 fully saturated rings. The Balaban J connectivity index is 1.73. The van der Waals surface area contributed by atoms with Crippen molar-refractivity contribution in [2.45, 2.75) is 23.1 Å². The third-order valence-corrected chi connectivity index (χ3v) is 5.50. The normalized spacial score (nSPS) is 20.1. The number of fused-ring (bicyclic) bond motifs is 1. The van der Waals surface area contributed by atoms with Crippen LogP contribution in [-0.2, 0) is 4.43 Å². The molecule has 2 N–H and O–H groups in total. The minimum Gasteiger partial charge on any atom is -0.361 e. The van der Waals surface area contributed by atoms with Gasteiger partial charge >= 0.3 is 0 Å². The van der Waals surface area contributed by atoms with Crippen LogP contribution in [0.25, 0.3) is 17.0 Å². The van der Waals surface area contributed by atoms with Crippen molar-refractivity contribution in [1.82, 2.24) is 19.7 Å². The van der Waals surface area contributed by atoms with Gasteiger partial charge in [0.05, 0.1) is 17.9 Å². The SMILES string of the molecule is Fc1cc(F)c(-c2cnc3cc(CI)ccn23)nc1N[C@@H]1CNCC[C@H]1F. The van der Waals surface area contributed by atoms with Gasteiger partial charge in [0.1, 0.15) is 17.5 Å². The number of rotatable bonds is 4. The molecule has 0 spiro atoms. The van der Waals surface area contributed by atoms with Gasteiger partial charge in [-0.25, -0.2) is 23.1 Å². The molecular weight excluding hydrogens is 470 g/mol. The average molecular weight is 487 g/mol. The fourth-order valence-corrected chi connectivity index (χ4v) is 3.65. The molecule has 4 rings (SSSR count). The Morgan fingerprint density at radius 3 is 2.93 bits per heavy atom. The number of hydrogen-bond donors (Lipinski definition) is 2. The molecule has 0 aliphatic carbocycles. The summed E-state index contributed by atoms with van der Waals surface area (Å²) in [6.45, 7) is 0.925. The smallest absolute Gasteiger partial charge is 0.168 e. The predicted octanol–water partition coefficient (Wildman–Crippen LogP) is 3.72. The number of hydrogen-bond acceptors (Lipinski definition) is 4. The van der Waals surface area contributed by atoms with Crippen LogP contribution in [0.2, 0.25) is 0 Å². The van der Waals surface area contributed by atoms with Crippen LogP contribution in [0.3, 0.4) is 0 Å². The van der Waals surface area contributed by atoms with Crippen LogP contribution in [0.5, 0.6) is 0 Å². The Morgan fingerprint density at radius 2 is 2.15 bits per heavy atom. The Hall–Kier alpha value is -1.88. The molecule has 9 heteroatoms. The lowest BCUT2D eigenvalue weighted by atomic mass is 10.1. The van der Waals surface area contributed by atoms with Gasteiger partial charge in [0, 0.05) is 23.2 Å². The Labute approximate surface area is 167 Å². The van der Waals surface area contributed by atoms with Crippen molar-refractivity contribution < 1.29 is 13.2 Å². The first-order valence-corrected chi connectivity index (χ1v) is 10.1. The zero-order chi connectivity index (χ0) is 19.0. The summed E-state index contributed by atoms with van der Waals surface area (Å²) < 4.78 is 45.3. The molecule has 1 aliphatic rings. The highest BCUT2D eigenvalue weighted by Gasteiger charge is 2.26. The van der Waals surface area contributed by atoms with Gasteiger partial charge in [-0.3, -0.25) is 4.40 Å². The van der Waals surface area contributed by atoms with Crippen LogP contribution in [0, 0.1) is 11.6 Å². The molecule has 0 saturated carbocycles. The van der Waals surface area contributed by atoms with Crippen molar-refractivity contribution in [3.8, 4) is 11.4 Å². The van der Waals surface area contributed by atoms with Crippen LogP contribution in [-0.4, -0.2) is 39.7 Å². The van der Waals surface area contributed by atoms with E-state index in [9.17, 15) is 13.2 Å². The maximum Gasteiger partial charge on any atom is 0.168 e. The van der Waals surface area contributed by atoms with Crippen LogP contribution in [0.1, 0.15) is 12.0 Å². The predicted molar refractivity (Wildman–Crippen MR) is 106 cm³/mol. The Morgan fingerprint density at radius 1 is 1.30 bits per heavy atom. The molecule has 0 bridgehead atoms. The van der Waals surface area contributed by atoms with Gasteiger partial charge in [-0.2, -0.15) is 0 Å². The van der Waals surface area contributed by atoms with Gasteiger partial charge in [-0.15, -0.1) is 0 Å². The van der Waals surface area contributed by atoms with Gasteiger partial charge in [0.15, 0.2) is 17.5 Å². The van der Waals surface area contributed by atoms with E-state index in [0.29, 0.717) is 30.9 Å². The summed E-state index contributed by atoms with van der Waals surface area (Å²) in [6.07, 6.45) is 2.49. The first kappa shape index (κ1) is 18.5. The highest BCUT2D eigenvalue weighted by Crippen LogP contribution is 2.27. The molecule has 4 heterocycles. The van der Waals surface area contributed by atoms with Crippen LogP contribution < -0.4 is 10.6 Å². The second kappa shape index (κ2) is 7.63. The molecule has 2 atom stereocenters. The number of alkyl halides is 2. The summed E-state index contributed by atoms with van der Waals surface area (Å²) in [7, 11) is 0. The number of pyridine rings is 2. The number of piperidine rings is 1. The highest BCUT2D eigenvalue weighted by atomic mass is 127. The van der Waals surface area contributed by atoms with Gasteiger partial charge in [0.25, 0.3) is 0 Å². The average Bonchev–Trinajstić information content (AvgIpc) is 3.08. The molecule has 0 radical (unpaired) electrons. The topological polar surface area (TPSA) is 54.2 Å². The van der Waals surface area contributed by atoms with Crippen LogP contribution >= 0.6 is 22.6 Å². The minimum absolute atomic E-state index is 0.0344. The van der Waals surface area contributed by atoms with Gasteiger partial charge in [0.2, 0.25) is 0 Å². The number of nitrogens with zero attached hydrogens (tertiary/aromatic N) is 3. The minimum atomic E-state index is -1.12. The maximum atomic E-state index is 14.5. The summed E-state index contributed by atoms with van der Waals surface area (Å²) in [5, 5.41) is 5.83. The molecule has 142 valence electrons. The molecule has 0 aromatic carbocycles. The molecule has 3 aromatic heterocycles. The molecule has 0 amide bonds. The molecular formula is C18H17F3IN5. The second-order valence-electron chi connectivity index (χ2n) is 6.45. The van der Waals surface area contributed by atoms with Crippen LogP contribution in [0.15, 0.2) is 30.6 Å². The fourth-order valence-electron chi connectivity index (χ4n) is 3.17. The van der Waals surface area contributed by atoms with Gasteiger partial charge in [-0.1, -0.05) is 22.6 Å². The molecule has 5 nitrogen and oxygen atoms in total. The van der Waals surface area contributed by atoms with Crippen molar-refractivity contribution in [1.29, 1.82) is 0 Å². The lowest BCUT2D eigenvalue weighted by Gasteiger charge is -2.28. The van der Waals surface area contributed by atoms with E-state index in [2.05, 4.69) is 43.2 Å². The van der Waals surface area contributed by atoms with E-state index in [1.165, 1.54) is 6.20 Å². The van der Waals surface area contributed by atoms with E-state index in [1.807, 2.05) is 12.1 Å². The standard InChI is InChI=1S/C18H17F3IN5/c19-11-1-3-23-8-14(11)25-18-13(21)6-12(20)17(26-18)15-9-24-16-5-10(7-22)2-4-27(15)16/h2,4-6,9,11,14,23H,1,3,7-8H2,(H,25,26)/t11-,14-/m1/s1. The van der Waals surface area contributed by atoms with E-state index >= 15 is 0 Å². The van der Waals surface area contributed by atoms with Gasteiger partial charge < -0.3 is 10.6 Å². The van der Waals surface area contributed by atoms with Crippen molar-refractivity contribution in [3.63, 3.8) is 0 Å². The molecule has 3 aromatic rings. The quantitative estimate of drug-likeness (QED) is 0.436. The zero-order valence-electron chi connectivity index (χ0n) is 14.2. The first-order valence-electron chi connectivity index (χ1n) is 8.56. The van der Waals surface area contributed by atoms with E-state index in [4.69, 9.17) is 0 Å². The number of aromatic nitrogens is 3. The summed E-state index contributed by atoms with van der Waals surface area (Å²) in [5.74, 6) is -1.81. The third-order valence-electron chi connectivity index (χ3n) is 4.62. The monoisotopic (exact) mass is 487 g/mol. The Bertz CT molecular complexity index is 977.